The van der Waals surface area contributed by atoms with E-state index in [1.54, 1.807) is 0 Å². The van der Waals surface area contributed by atoms with E-state index in [1.165, 1.54) is 11.8 Å². The molecule has 0 unspecified atom stereocenters. The summed E-state index contributed by atoms with van der Waals surface area (Å²) in [7, 11) is 0. The number of anilines is 1. The molecule has 0 aliphatic carbocycles. The largest absolute Gasteiger partial charge is 0.380 e. The average molecular weight is 353 g/mol. The number of carbonyl (C=O) groups excluding carboxylic acids is 1. The summed E-state index contributed by atoms with van der Waals surface area (Å²) in [5.41, 5.74) is 3.60. The van der Waals surface area contributed by atoms with Crippen LogP contribution >= 0.6 is 0 Å². The van der Waals surface area contributed by atoms with Crippen molar-refractivity contribution in [1.82, 2.24) is 9.88 Å². The number of benzene rings is 1. The zero-order chi connectivity index (χ0) is 17.7. The van der Waals surface area contributed by atoms with Crippen molar-refractivity contribution in [3.63, 3.8) is 0 Å². The molecule has 3 aliphatic rings. The van der Waals surface area contributed by atoms with Gasteiger partial charge in [0, 0.05) is 29.4 Å². The predicted molar refractivity (Wildman–Crippen MR) is 94.5 cm³/mol. The van der Waals surface area contributed by atoms with Gasteiger partial charge in [0.1, 0.15) is 0 Å². The molecule has 1 aromatic heterocycles. The minimum atomic E-state index is -0.393. The number of nitrogens with zero attached hydrogens (tertiary/aromatic N) is 2. The molecule has 2 saturated heterocycles. The second kappa shape index (κ2) is 6.06. The Labute approximate surface area is 151 Å². The van der Waals surface area contributed by atoms with Gasteiger partial charge in [-0.25, -0.2) is 9.78 Å². The second-order valence-corrected chi connectivity index (χ2v) is 7.31. The van der Waals surface area contributed by atoms with E-state index in [0.29, 0.717) is 17.9 Å². The number of urea groups is 1. The summed E-state index contributed by atoms with van der Waals surface area (Å²) in [4.78, 5) is 18.5. The summed E-state index contributed by atoms with van der Waals surface area (Å²) in [5.74, 6) is 0.0766. The van der Waals surface area contributed by atoms with Crippen molar-refractivity contribution >= 4 is 11.7 Å². The van der Waals surface area contributed by atoms with Crippen LogP contribution in [0.5, 0.6) is 0 Å². The van der Waals surface area contributed by atoms with Gasteiger partial charge in [0.05, 0.1) is 19.3 Å². The number of rotatable bonds is 2. The number of halogens is 1. The lowest BCUT2D eigenvalue weighted by Crippen LogP contribution is -2.44. The second-order valence-electron chi connectivity index (χ2n) is 7.31. The van der Waals surface area contributed by atoms with Crippen LogP contribution < -0.4 is 5.32 Å². The van der Waals surface area contributed by atoms with Crippen LogP contribution in [0.4, 0.5) is 14.9 Å². The Hall–Kier alpha value is -2.47. The van der Waals surface area contributed by atoms with E-state index in [2.05, 4.69) is 10.3 Å². The molecule has 0 spiro atoms. The van der Waals surface area contributed by atoms with Crippen LogP contribution in [0.2, 0.25) is 0 Å². The molecule has 5 nitrogen and oxygen atoms in total. The molecule has 5 rings (SSSR count). The first-order chi connectivity index (χ1) is 12.7. The predicted octanol–water partition coefficient (Wildman–Crippen LogP) is 3.63. The van der Waals surface area contributed by atoms with E-state index in [9.17, 15) is 9.18 Å². The first kappa shape index (κ1) is 15.8. The van der Waals surface area contributed by atoms with Crippen LogP contribution in [0.1, 0.15) is 41.5 Å². The fraction of sp³-hybridized carbons (Fsp3) is 0.400. The van der Waals surface area contributed by atoms with Gasteiger partial charge in [-0.3, -0.25) is 0 Å². The van der Waals surface area contributed by atoms with E-state index in [0.717, 1.165) is 37.3 Å². The highest BCUT2D eigenvalue weighted by atomic mass is 19.1. The van der Waals surface area contributed by atoms with Gasteiger partial charge in [0.25, 0.3) is 0 Å². The highest BCUT2D eigenvalue weighted by Crippen LogP contribution is 2.44. The van der Waals surface area contributed by atoms with E-state index in [-0.39, 0.29) is 18.1 Å². The lowest BCUT2D eigenvalue weighted by molar-refractivity contribution is 0.00843. The van der Waals surface area contributed by atoms with Crippen LogP contribution in [0, 0.1) is 5.95 Å². The quantitative estimate of drug-likeness (QED) is 0.839. The van der Waals surface area contributed by atoms with Gasteiger partial charge in [0.15, 0.2) is 0 Å². The summed E-state index contributed by atoms with van der Waals surface area (Å²) in [6.07, 6.45) is 3.80. The molecule has 6 heteroatoms. The zero-order valence-electron chi connectivity index (χ0n) is 14.3. The number of ether oxygens (including phenoxy) is 1. The van der Waals surface area contributed by atoms with E-state index >= 15 is 0 Å². The maximum atomic E-state index is 14.0. The number of amides is 2. The normalized spacial score (nSPS) is 24.1. The van der Waals surface area contributed by atoms with Crippen molar-refractivity contribution < 1.29 is 13.9 Å². The third-order valence-corrected chi connectivity index (χ3v) is 5.85. The minimum Gasteiger partial charge on any atom is -0.380 e. The van der Waals surface area contributed by atoms with Crippen LogP contribution in [0.15, 0.2) is 36.5 Å². The Bertz CT molecular complexity index is 851. The summed E-state index contributed by atoms with van der Waals surface area (Å²) in [5, 5.41) is 3.01. The average Bonchev–Trinajstić information content (AvgIpc) is 2.91. The Morgan fingerprint density at radius 1 is 1.19 bits per heavy atom. The number of hydrogen-bond donors (Lipinski definition) is 1. The molecule has 0 saturated carbocycles. The summed E-state index contributed by atoms with van der Waals surface area (Å²) < 4.78 is 19.2. The highest BCUT2D eigenvalue weighted by molar-refractivity contribution is 5.90. The highest BCUT2D eigenvalue weighted by Gasteiger charge is 2.43. The lowest BCUT2D eigenvalue weighted by Gasteiger charge is -2.36. The lowest BCUT2D eigenvalue weighted by atomic mass is 9.95. The molecule has 0 radical (unpaired) electrons. The molecular weight excluding hydrogens is 333 g/mol. The van der Waals surface area contributed by atoms with Crippen LogP contribution in [0.25, 0.3) is 0 Å². The van der Waals surface area contributed by atoms with E-state index in [4.69, 9.17) is 4.74 Å². The molecule has 2 atom stereocenters. The van der Waals surface area contributed by atoms with Crippen LogP contribution in [0.3, 0.4) is 0 Å². The van der Waals surface area contributed by atoms with Gasteiger partial charge in [-0.05, 0) is 48.6 Å². The maximum absolute atomic E-state index is 14.0. The number of aromatic nitrogens is 1. The monoisotopic (exact) mass is 353 g/mol. The fourth-order valence-corrected chi connectivity index (χ4v) is 4.38. The van der Waals surface area contributed by atoms with Gasteiger partial charge >= 0.3 is 6.03 Å². The Morgan fingerprint density at radius 3 is 2.73 bits per heavy atom. The molecular formula is C20H20FN3O2. The van der Waals surface area contributed by atoms with Gasteiger partial charge in [0.2, 0.25) is 5.95 Å². The van der Waals surface area contributed by atoms with Crippen molar-refractivity contribution in [1.29, 1.82) is 0 Å². The molecule has 4 heterocycles. The van der Waals surface area contributed by atoms with Gasteiger partial charge < -0.3 is 15.0 Å². The topological polar surface area (TPSA) is 54.5 Å². The molecule has 1 N–H and O–H groups in total. The number of nitrogens with one attached hydrogen (secondary N) is 1. The maximum Gasteiger partial charge on any atom is 0.322 e. The van der Waals surface area contributed by atoms with Crippen LogP contribution in [-0.2, 0) is 11.2 Å². The minimum absolute atomic E-state index is 0.0394. The third-order valence-electron chi connectivity index (χ3n) is 5.85. The van der Waals surface area contributed by atoms with Gasteiger partial charge in [-0.15, -0.1) is 0 Å². The standard InChI is InChI=1S/C20H20FN3O2/c21-19-17-9-15-5-6-18(16(17)7-8-22-19)24(15)20(25)23-14-3-1-12(2-4-14)13-10-26-11-13/h1-4,7-8,13,15,18H,5-6,9-11H2,(H,23,25)/t15-,18+/m0/s1. The zero-order valence-corrected chi connectivity index (χ0v) is 14.3. The van der Waals surface area contributed by atoms with Crippen molar-refractivity contribution in [2.24, 2.45) is 0 Å². The molecule has 26 heavy (non-hydrogen) atoms. The van der Waals surface area contributed by atoms with Gasteiger partial charge in [-0.2, -0.15) is 4.39 Å². The summed E-state index contributed by atoms with van der Waals surface area (Å²) in [6.45, 7) is 1.54. The van der Waals surface area contributed by atoms with Crippen molar-refractivity contribution in [3.8, 4) is 0 Å². The number of pyridine rings is 1. The number of hydrogen-bond acceptors (Lipinski definition) is 3. The molecule has 2 aromatic rings. The Kier molecular flexibility index (Phi) is 3.67. The van der Waals surface area contributed by atoms with Crippen molar-refractivity contribution in [2.45, 2.75) is 37.3 Å². The number of carbonyl (C=O) groups is 1. The summed E-state index contributed by atoms with van der Waals surface area (Å²) >= 11 is 0. The number of fused-ring (bicyclic) bond motifs is 4. The molecule has 2 amide bonds. The molecule has 2 bridgehead atoms. The van der Waals surface area contributed by atoms with Gasteiger partial charge in [-0.1, -0.05) is 12.1 Å². The summed E-state index contributed by atoms with van der Waals surface area (Å²) in [6, 6.07) is 9.68. The third kappa shape index (κ3) is 2.48. The first-order valence-corrected chi connectivity index (χ1v) is 9.11. The first-order valence-electron chi connectivity index (χ1n) is 9.11. The molecule has 3 aliphatic heterocycles. The van der Waals surface area contributed by atoms with E-state index < -0.39 is 5.95 Å². The Morgan fingerprint density at radius 2 is 2.00 bits per heavy atom. The smallest absolute Gasteiger partial charge is 0.322 e. The Balaban J connectivity index is 1.34. The van der Waals surface area contributed by atoms with E-state index in [1.807, 2.05) is 35.2 Å². The SMILES string of the molecule is O=C(Nc1ccc(C2COC2)cc1)N1[C@H]2CC[C@@H]1c1ccnc(F)c1C2. The van der Waals surface area contributed by atoms with Crippen LogP contribution in [-0.4, -0.2) is 35.2 Å². The van der Waals surface area contributed by atoms with Crippen molar-refractivity contribution in [2.75, 3.05) is 18.5 Å². The fourth-order valence-electron chi connectivity index (χ4n) is 4.38. The molecule has 1 aromatic carbocycles. The molecule has 134 valence electrons. The molecule has 2 fully saturated rings. The van der Waals surface area contributed by atoms with Crippen molar-refractivity contribution in [3.05, 3.63) is 59.2 Å².